The smallest absolute Gasteiger partial charge is 0.159 e. The number of ether oxygens (including phenoxy) is 4. The molecular formula is C24H36O5. The minimum absolute atomic E-state index is 0.00634. The number of hydrogen-bond donors (Lipinski definition) is 1. The zero-order valence-electron chi connectivity index (χ0n) is 18.3. The molecule has 2 heterocycles. The number of methoxy groups -OCH3 is 2. The van der Waals surface area contributed by atoms with Crippen molar-refractivity contribution in [3.05, 3.63) is 12.2 Å². The molecule has 5 fully saturated rings. The molecule has 12 atom stereocenters. The van der Waals surface area contributed by atoms with Crippen LogP contribution in [0, 0.1) is 40.4 Å². The zero-order chi connectivity index (χ0) is 20.3. The van der Waals surface area contributed by atoms with Crippen LogP contribution in [0.4, 0.5) is 0 Å². The van der Waals surface area contributed by atoms with Gasteiger partial charge in [0.2, 0.25) is 0 Å². The molecule has 29 heavy (non-hydrogen) atoms. The van der Waals surface area contributed by atoms with Gasteiger partial charge in [0.1, 0.15) is 23.9 Å². The Hall–Kier alpha value is -0.460. The van der Waals surface area contributed by atoms with Crippen molar-refractivity contribution >= 4 is 0 Å². The van der Waals surface area contributed by atoms with Crippen LogP contribution in [0.3, 0.4) is 0 Å². The summed E-state index contributed by atoms with van der Waals surface area (Å²) in [5.74, 6) is 2.86. The molecule has 5 nitrogen and oxygen atoms in total. The second-order valence-electron chi connectivity index (χ2n) is 11.2. The Morgan fingerprint density at radius 3 is 2.55 bits per heavy atom. The van der Waals surface area contributed by atoms with Crippen LogP contribution in [0.1, 0.15) is 46.5 Å². The minimum Gasteiger partial charge on any atom is -0.387 e. The molecule has 1 spiro atoms. The maximum Gasteiger partial charge on any atom is 0.159 e. The molecule has 162 valence electrons. The van der Waals surface area contributed by atoms with E-state index in [0.717, 1.165) is 0 Å². The first kappa shape index (κ1) is 19.2. The number of hydrogen-bond acceptors (Lipinski definition) is 5. The SMILES string of the molecule is COC(OC)C(C)[C@H]1CC[C@H]2[C@@H]3C=C[C@@]45O[C@@H]4[C@@H](O)[C@@H]4O[C@@H]4[C@]5(C)[C@H]3CC[C@]12C. The number of rotatable bonds is 4. The highest BCUT2D eigenvalue weighted by molar-refractivity contribution is 5.39. The molecule has 2 saturated heterocycles. The van der Waals surface area contributed by atoms with E-state index in [4.69, 9.17) is 18.9 Å². The van der Waals surface area contributed by atoms with Gasteiger partial charge in [0.25, 0.3) is 0 Å². The second-order valence-corrected chi connectivity index (χ2v) is 11.2. The van der Waals surface area contributed by atoms with Crippen molar-refractivity contribution in [2.45, 2.75) is 82.8 Å². The number of epoxide rings is 2. The van der Waals surface area contributed by atoms with E-state index >= 15 is 0 Å². The van der Waals surface area contributed by atoms with E-state index in [1.165, 1.54) is 25.7 Å². The van der Waals surface area contributed by atoms with Gasteiger partial charge in [-0.2, -0.15) is 0 Å². The van der Waals surface area contributed by atoms with Crippen molar-refractivity contribution in [1.29, 1.82) is 0 Å². The van der Waals surface area contributed by atoms with E-state index in [1.54, 1.807) is 14.2 Å². The van der Waals surface area contributed by atoms with Gasteiger partial charge in [0, 0.05) is 25.6 Å². The summed E-state index contributed by atoms with van der Waals surface area (Å²) < 4.78 is 23.6. The van der Waals surface area contributed by atoms with Crippen LogP contribution in [0.5, 0.6) is 0 Å². The third-order valence-corrected chi connectivity index (χ3v) is 10.6. The third kappa shape index (κ3) is 2.10. The van der Waals surface area contributed by atoms with Gasteiger partial charge in [-0.1, -0.05) is 32.9 Å². The van der Waals surface area contributed by atoms with E-state index in [2.05, 4.69) is 32.9 Å². The van der Waals surface area contributed by atoms with Gasteiger partial charge in [-0.15, -0.1) is 0 Å². The molecule has 0 bridgehead atoms. The van der Waals surface area contributed by atoms with Crippen LogP contribution in [0.2, 0.25) is 0 Å². The highest BCUT2D eigenvalue weighted by Gasteiger charge is 2.84. The lowest BCUT2D eigenvalue weighted by molar-refractivity contribution is -0.161. The van der Waals surface area contributed by atoms with Crippen molar-refractivity contribution in [1.82, 2.24) is 0 Å². The Kier molecular flexibility index (Phi) is 3.89. The summed E-state index contributed by atoms with van der Waals surface area (Å²) in [5.41, 5.74) is 0.0258. The summed E-state index contributed by atoms with van der Waals surface area (Å²) in [6.07, 6.45) is 9.29. The average Bonchev–Trinajstić information content (AvgIpc) is 3.60. The quantitative estimate of drug-likeness (QED) is 0.443. The number of allylic oxidation sites excluding steroid dienone is 1. The topological polar surface area (TPSA) is 63.8 Å². The van der Waals surface area contributed by atoms with E-state index < -0.39 is 6.10 Å². The van der Waals surface area contributed by atoms with Crippen LogP contribution in [0.15, 0.2) is 12.2 Å². The molecule has 6 aliphatic rings. The van der Waals surface area contributed by atoms with Crippen LogP contribution in [0.25, 0.3) is 0 Å². The first-order chi connectivity index (χ1) is 13.8. The second kappa shape index (κ2) is 5.86. The van der Waals surface area contributed by atoms with Gasteiger partial charge in [0.15, 0.2) is 6.29 Å². The van der Waals surface area contributed by atoms with E-state index in [0.29, 0.717) is 35.0 Å². The van der Waals surface area contributed by atoms with Crippen molar-refractivity contribution < 1.29 is 24.1 Å². The molecule has 4 aliphatic carbocycles. The predicted molar refractivity (Wildman–Crippen MR) is 107 cm³/mol. The fraction of sp³-hybridized carbons (Fsp3) is 0.917. The minimum atomic E-state index is -0.458. The van der Waals surface area contributed by atoms with Gasteiger partial charge in [-0.25, -0.2) is 0 Å². The molecule has 3 saturated carbocycles. The largest absolute Gasteiger partial charge is 0.387 e. The monoisotopic (exact) mass is 404 g/mol. The molecule has 5 heteroatoms. The van der Waals surface area contributed by atoms with Gasteiger partial charge in [0.05, 0.1) is 6.10 Å². The van der Waals surface area contributed by atoms with E-state index in [9.17, 15) is 5.11 Å². The van der Waals surface area contributed by atoms with Gasteiger partial charge in [-0.3, -0.25) is 0 Å². The van der Waals surface area contributed by atoms with Gasteiger partial charge in [-0.05, 0) is 54.8 Å². The molecule has 6 rings (SSSR count). The van der Waals surface area contributed by atoms with Crippen molar-refractivity contribution in [2.24, 2.45) is 40.4 Å². The predicted octanol–water partition coefficient (Wildman–Crippen LogP) is 3.16. The Labute approximate surface area is 174 Å². The maximum absolute atomic E-state index is 10.6. The molecule has 0 aromatic heterocycles. The van der Waals surface area contributed by atoms with E-state index in [-0.39, 0.29) is 35.6 Å². The maximum atomic E-state index is 10.6. The van der Waals surface area contributed by atoms with Crippen LogP contribution < -0.4 is 0 Å². The summed E-state index contributed by atoms with van der Waals surface area (Å²) in [4.78, 5) is 0. The average molecular weight is 405 g/mol. The lowest BCUT2D eigenvalue weighted by atomic mass is 9.46. The lowest BCUT2D eigenvalue weighted by Gasteiger charge is -2.57. The first-order valence-corrected chi connectivity index (χ1v) is 11.6. The molecule has 1 N–H and O–H groups in total. The Bertz CT molecular complexity index is 735. The highest BCUT2D eigenvalue weighted by Crippen LogP contribution is 2.74. The van der Waals surface area contributed by atoms with Crippen LogP contribution in [-0.2, 0) is 18.9 Å². The standard InChI is InChI=1S/C24H36O5/c1-12(21(26-4)27-5)14-6-7-15-13-8-11-24-19(29-24)17(25)18-20(28-18)23(24,3)16(13)9-10-22(14,15)2/h8,11-21,25H,6-7,9-10H2,1-5H3/t12?,13-,14+,15-,16-,17-,18-,19+,20-,22+,23-,24+/m0/s1. The van der Waals surface area contributed by atoms with E-state index in [1.807, 2.05) is 0 Å². The summed E-state index contributed by atoms with van der Waals surface area (Å²) in [6, 6.07) is 0. The number of fused-ring (bicyclic) bond motifs is 6. The third-order valence-electron chi connectivity index (χ3n) is 10.6. The summed E-state index contributed by atoms with van der Waals surface area (Å²) in [6.45, 7) is 7.24. The molecule has 0 radical (unpaired) electrons. The summed E-state index contributed by atoms with van der Waals surface area (Å²) in [7, 11) is 3.52. The Morgan fingerprint density at radius 2 is 1.83 bits per heavy atom. The molecule has 1 unspecified atom stereocenters. The van der Waals surface area contributed by atoms with Crippen molar-refractivity contribution in [3.63, 3.8) is 0 Å². The normalized spacial score (nSPS) is 60.0. The van der Waals surface area contributed by atoms with Gasteiger partial charge < -0.3 is 24.1 Å². The summed E-state index contributed by atoms with van der Waals surface area (Å²) in [5, 5.41) is 10.6. The zero-order valence-corrected chi connectivity index (χ0v) is 18.3. The van der Waals surface area contributed by atoms with Crippen molar-refractivity contribution in [3.8, 4) is 0 Å². The molecular weight excluding hydrogens is 368 g/mol. The molecule has 0 aromatic carbocycles. The van der Waals surface area contributed by atoms with Crippen LogP contribution >= 0.6 is 0 Å². The van der Waals surface area contributed by atoms with Gasteiger partial charge >= 0.3 is 0 Å². The lowest BCUT2D eigenvalue weighted by Crippen LogP contribution is -2.60. The number of aliphatic hydroxyl groups is 1. The number of aliphatic hydroxyl groups excluding tert-OH is 1. The van der Waals surface area contributed by atoms with Crippen molar-refractivity contribution in [2.75, 3.05) is 14.2 Å². The Balaban J connectivity index is 1.33. The highest BCUT2D eigenvalue weighted by atomic mass is 16.7. The van der Waals surface area contributed by atoms with Crippen LogP contribution in [-0.4, -0.2) is 55.6 Å². The summed E-state index contributed by atoms with van der Waals surface area (Å²) >= 11 is 0. The first-order valence-electron chi connectivity index (χ1n) is 11.6. The molecule has 2 aliphatic heterocycles. The fourth-order valence-corrected chi connectivity index (χ4v) is 9.04. The molecule has 0 amide bonds. The molecule has 0 aromatic rings. The fourth-order valence-electron chi connectivity index (χ4n) is 9.04. The Morgan fingerprint density at radius 1 is 1.07 bits per heavy atom.